The van der Waals surface area contributed by atoms with Gasteiger partial charge in [-0.25, -0.2) is 4.98 Å². The first-order valence-electron chi connectivity index (χ1n) is 5.54. The molecule has 0 saturated carbocycles. The number of aromatic nitrogens is 1. The third-order valence-corrected chi connectivity index (χ3v) is 3.39. The van der Waals surface area contributed by atoms with Crippen molar-refractivity contribution >= 4 is 34.0 Å². The highest BCUT2D eigenvalue weighted by molar-refractivity contribution is 6.34. The minimum atomic E-state index is 0.447. The Balaban J connectivity index is 2.22. The highest BCUT2D eigenvalue weighted by Crippen LogP contribution is 2.31. The first-order valence-corrected chi connectivity index (χ1v) is 6.30. The molecule has 3 rings (SSSR count). The van der Waals surface area contributed by atoms with Crippen LogP contribution >= 0.6 is 23.2 Å². The zero-order chi connectivity index (χ0) is 12.5. The van der Waals surface area contributed by atoms with Crippen molar-refractivity contribution in [1.29, 1.82) is 0 Å². The van der Waals surface area contributed by atoms with Crippen molar-refractivity contribution in [2.75, 3.05) is 0 Å². The summed E-state index contributed by atoms with van der Waals surface area (Å²) in [6.07, 6.45) is 1.58. The van der Waals surface area contributed by atoms with Crippen molar-refractivity contribution in [2.24, 2.45) is 0 Å². The van der Waals surface area contributed by atoms with Crippen LogP contribution in [-0.4, -0.2) is 4.98 Å². The van der Waals surface area contributed by atoms with Crippen LogP contribution in [0, 0.1) is 0 Å². The van der Waals surface area contributed by atoms with Gasteiger partial charge in [0.05, 0.1) is 5.02 Å². The Morgan fingerprint density at radius 1 is 0.833 bits per heavy atom. The second kappa shape index (κ2) is 4.60. The van der Waals surface area contributed by atoms with Gasteiger partial charge in [-0.3, -0.25) is 0 Å². The molecular formula is C15H9Cl2N. The van der Waals surface area contributed by atoms with Crippen molar-refractivity contribution in [2.45, 2.75) is 0 Å². The summed E-state index contributed by atoms with van der Waals surface area (Å²) in [6, 6.07) is 16.2. The number of halogens is 2. The molecule has 88 valence electrons. The van der Waals surface area contributed by atoms with Gasteiger partial charge in [0.15, 0.2) is 0 Å². The standard InChI is InChI=1S/C15H9Cl2N/c16-14-9-18-15(17)8-13(14)12-6-5-10-3-1-2-4-11(10)7-12/h1-9H. The summed E-state index contributed by atoms with van der Waals surface area (Å²) < 4.78 is 0. The third-order valence-electron chi connectivity index (χ3n) is 2.88. The summed E-state index contributed by atoms with van der Waals surface area (Å²) in [7, 11) is 0. The minimum Gasteiger partial charge on any atom is -0.243 e. The summed E-state index contributed by atoms with van der Waals surface area (Å²) in [5.41, 5.74) is 1.95. The Morgan fingerprint density at radius 3 is 2.44 bits per heavy atom. The van der Waals surface area contributed by atoms with Crippen LogP contribution in [0.2, 0.25) is 10.2 Å². The molecule has 1 nitrogen and oxygen atoms in total. The highest BCUT2D eigenvalue weighted by Gasteiger charge is 2.06. The Bertz CT molecular complexity index is 723. The van der Waals surface area contributed by atoms with Crippen molar-refractivity contribution in [3.05, 3.63) is 64.9 Å². The molecule has 0 radical (unpaired) electrons. The van der Waals surface area contributed by atoms with Crippen LogP contribution in [0.4, 0.5) is 0 Å². The van der Waals surface area contributed by atoms with Gasteiger partial charge in [0.1, 0.15) is 5.15 Å². The van der Waals surface area contributed by atoms with E-state index in [1.165, 1.54) is 10.8 Å². The van der Waals surface area contributed by atoms with Crippen LogP contribution in [0.5, 0.6) is 0 Å². The van der Waals surface area contributed by atoms with Gasteiger partial charge in [-0.2, -0.15) is 0 Å². The van der Waals surface area contributed by atoms with Gasteiger partial charge in [0, 0.05) is 11.8 Å². The molecule has 0 amide bonds. The molecule has 18 heavy (non-hydrogen) atoms. The second-order valence-electron chi connectivity index (χ2n) is 4.05. The van der Waals surface area contributed by atoms with Gasteiger partial charge in [-0.15, -0.1) is 0 Å². The molecule has 3 heteroatoms. The fourth-order valence-electron chi connectivity index (χ4n) is 1.99. The van der Waals surface area contributed by atoms with E-state index in [2.05, 4.69) is 29.2 Å². The smallest absolute Gasteiger partial charge is 0.129 e. The van der Waals surface area contributed by atoms with Crippen LogP contribution in [0.15, 0.2) is 54.7 Å². The quantitative estimate of drug-likeness (QED) is 0.555. The van der Waals surface area contributed by atoms with Crippen molar-refractivity contribution in [1.82, 2.24) is 4.98 Å². The lowest BCUT2D eigenvalue weighted by Gasteiger charge is -2.06. The number of rotatable bonds is 1. The fourth-order valence-corrected chi connectivity index (χ4v) is 2.36. The molecule has 0 bridgehead atoms. The molecule has 0 fully saturated rings. The predicted octanol–water partition coefficient (Wildman–Crippen LogP) is 5.21. The molecule has 0 aliphatic carbocycles. The van der Waals surface area contributed by atoms with E-state index in [9.17, 15) is 0 Å². The largest absolute Gasteiger partial charge is 0.243 e. The average Bonchev–Trinajstić information content (AvgIpc) is 2.41. The van der Waals surface area contributed by atoms with E-state index in [1.807, 2.05) is 18.2 Å². The molecule has 1 aromatic heterocycles. The van der Waals surface area contributed by atoms with E-state index >= 15 is 0 Å². The molecule has 0 saturated heterocycles. The fraction of sp³-hybridized carbons (Fsp3) is 0. The molecule has 0 aliphatic heterocycles. The Labute approximate surface area is 115 Å². The van der Waals surface area contributed by atoms with Crippen molar-refractivity contribution < 1.29 is 0 Å². The Kier molecular flexibility index (Phi) is 2.94. The number of hydrogen-bond acceptors (Lipinski definition) is 1. The number of nitrogens with zero attached hydrogens (tertiary/aromatic N) is 1. The molecule has 0 atom stereocenters. The van der Waals surface area contributed by atoms with Crippen molar-refractivity contribution in [3.63, 3.8) is 0 Å². The van der Waals surface area contributed by atoms with Crippen LogP contribution in [0.1, 0.15) is 0 Å². The minimum absolute atomic E-state index is 0.447. The topological polar surface area (TPSA) is 12.9 Å². The molecule has 0 spiro atoms. The van der Waals surface area contributed by atoms with Gasteiger partial charge in [-0.05, 0) is 28.5 Å². The Morgan fingerprint density at radius 2 is 1.61 bits per heavy atom. The second-order valence-corrected chi connectivity index (χ2v) is 4.84. The number of hydrogen-bond donors (Lipinski definition) is 0. The van der Waals surface area contributed by atoms with Crippen molar-refractivity contribution in [3.8, 4) is 11.1 Å². The van der Waals surface area contributed by atoms with E-state index in [1.54, 1.807) is 12.3 Å². The molecular weight excluding hydrogens is 265 g/mol. The molecule has 3 aromatic rings. The number of pyridine rings is 1. The van der Waals surface area contributed by atoms with Crippen LogP contribution in [-0.2, 0) is 0 Å². The van der Waals surface area contributed by atoms with E-state index < -0.39 is 0 Å². The van der Waals surface area contributed by atoms with Crippen LogP contribution in [0.3, 0.4) is 0 Å². The lowest BCUT2D eigenvalue weighted by molar-refractivity contribution is 1.33. The van der Waals surface area contributed by atoms with Gasteiger partial charge in [-0.1, -0.05) is 59.6 Å². The summed E-state index contributed by atoms with van der Waals surface area (Å²) in [5.74, 6) is 0. The zero-order valence-electron chi connectivity index (χ0n) is 9.40. The van der Waals surface area contributed by atoms with E-state index in [0.717, 1.165) is 11.1 Å². The maximum Gasteiger partial charge on any atom is 0.129 e. The highest BCUT2D eigenvalue weighted by atomic mass is 35.5. The normalized spacial score (nSPS) is 10.8. The lowest BCUT2D eigenvalue weighted by atomic mass is 10.0. The van der Waals surface area contributed by atoms with E-state index in [4.69, 9.17) is 23.2 Å². The number of fused-ring (bicyclic) bond motifs is 1. The number of benzene rings is 2. The van der Waals surface area contributed by atoms with Gasteiger partial charge < -0.3 is 0 Å². The first-order chi connectivity index (χ1) is 8.74. The summed E-state index contributed by atoms with van der Waals surface area (Å²) in [4.78, 5) is 3.96. The van der Waals surface area contributed by atoms with E-state index in [0.29, 0.717) is 10.2 Å². The third kappa shape index (κ3) is 2.07. The summed E-state index contributed by atoms with van der Waals surface area (Å²) in [6.45, 7) is 0. The van der Waals surface area contributed by atoms with Gasteiger partial charge >= 0.3 is 0 Å². The van der Waals surface area contributed by atoms with Gasteiger partial charge in [0.25, 0.3) is 0 Å². The lowest BCUT2D eigenvalue weighted by Crippen LogP contribution is -1.83. The zero-order valence-corrected chi connectivity index (χ0v) is 10.9. The van der Waals surface area contributed by atoms with Gasteiger partial charge in [0.2, 0.25) is 0 Å². The maximum atomic E-state index is 6.16. The predicted molar refractivity (Wildman–Crippen MR) is 77.2 cm³/mol. The monoisotopic (exact) mass is 273 g/mol. The maximum absolute atomic E-state index is 6.16. The SMILES string of the molecule is Clc1cc(-c2ccc3ccccc3c2)c(Cl)cn1. The molecule has 2 aromatic carbocycles. The summed E-state index contributed by atoms with van der Waals surface area (Å²) in [5, 5.41) is 3.44. The average molecular weight is 274 g/mol. The molecule has 0 unspecified atom stereocenters. The molecule has 1 heterocycles. The molecule has 0 aliphatic rings. The van der Waals surface area contributed by atoms with Crippen LogP contribution < -0.4 is 0 Å². The molecule has 0 N–H and O–H groups in total. The van der Waals surface area contributed by atoms with E-state index in [-0.39, 0.29) is 0 Å². The summed E-state index contributed by atoms with van der Waals surface area (Å²) >= 11 is 12.1. The van der Waals surface area contributed by atoms with Crippen LogP contribution in [0.25, 0.3) is 21.9 Å². The first kappa shape index (κ1) is 11.5. The Hall–Kier alpha value is -1.57.